The Balaban J connectivity index is 1.47. The lowest BCUT2D eigenvalue weighted by Crippen LogP contribution is -2.39. The van der Waals surface area contributed by atoms with E-state index in [1.807, 2.05) is 31.0 Å². The van der Waals surface area contributed by atoms with E-state index in [1.165, 1.54) is 27.0 Å². The van der Waals surface area contributed by atoms with E-state index in [9.17, 15) is 9.59 Å². The Labute approximate surface area is 174 Å². The van der Waals surface area contributed by atoms with Crippen molar-refractivity contribution in [3.8, 4) is 0 Å². The lowest BCUT2D eigenvalue weighted by Gasteiger charge is -2.24. The third-order valence-corrected chi connectivity index (χ3v) is 6.90. The summed E-state index contributed by atoms with van der Waals surface area (Å²) >= 11 is 1.49. The summed E-state index contributed by atoms with van der Waals surface area (Å²) in [7, 11) is 1.93. The second kappa shape index (κ2) is 7.97. The first-order valence-corrected chi connectivity index (χ1v) is 10.7. The highest BCUT2D eigenvalue weighted by atomic mass is 32.1. The number of amides is 2. The number of primary amides is 1. The van der Waals surface area contributed by atoms with Crippen molar-refractivity contribution in [1.29, 1.82) is 0 Å². The number of thiophene rings is 1. The van der Waals surface area contributed by atoms with Gasteiger partial charge in [-0.3, -0.25) is 14.5 Å². The zero-order chi connectivity index (χ0) is 20.5. The number of likely N-dealkylation sites (N-methyl/N-ethyl adjacent to an activating group) is 1. The minimum absolute atomic E-state index is 0.129. The fraction of sp³-hybridized carbons (Fsp3) is 0.304. The van der Waals surface area contributed by atoms with Crippen LogP contribution in [0.4, 0.5) is 5.00 Å². The molecule has 0 unspecified atom stereocenters. The van der Waals surface area contributed by atoms with E-state index in [0.29, 0.717) is 17.1 Å². The number of rotatable bonds is 6. The van der Waals surface area contributed by atoms with Crippen molar-refractivity contribution in [3.05, 3.63) is 64.0 Å². The third-order valence-electron chi connectivity index (χ3n) is 5.69. The Morgan fingerprint density at radius 1 is 1.17 bits per heavy atom. The first-order chi connectivity index (χ1) is 13.9. The van der Waals surface area contributed by atoms with Crippen LogP contribution in [0.5, 0.6) is 0 Å². The van der Waals surface area contributed by atoms with Crippen LogP contribution in [0.3, 0.4) is 0 Å². The molecule has 5 nitrogen and oxygen atoms in total. The lowest BCUT2D eigenvalue weighted by atomic mass is 10.1. The molecule has 0 aliphatic heterocycles. The molecule has 0 bridgehead atoms. The van der Waals surface area contributed by atoms with E-state index in [4.69, 9.17) is 5.73 Å². The summed E-state index contributed by atoms with van der Waals surface area (Å²) in [6, 6.07) is 14.3. The fourth-order valence-corrected chi connectivity index (χ4v) is 5.23. The molecule has 29 heavy (non-hydrogen) atoms. The van der Waals surface area contributed by atoms with E-state index in [-0.39, 0.29) is 11.9 Å². The van der Waals surface area contributed by atoms with Crippen LogP contribution >= 0.6 is 11.3 Å². The van der Waals surface area contributed by atoms with Crippen molar-refractivity contribution in [2.24, 2.45) is 5.73 Å². The molecule has 3 N–H and O–H groups in total. The Morgan fingerprint density at radius 3 is 2.69 bits per heavy atom. The van der Waals surface area contributed by atoms with Crippen LogP contribution in [0.1, 0.15) is 39.7 Å². The Kier molecular flexibility index (Phi) is 5.39. The SMILES string of the molecule is C[C@@H](C(=O)Nc1sc2c(c1C(N)=O)CCC2)N(C)Cc1ccc2ccccc2c1. The molecule has 4 rings (SSSR count). The van der Waals surface area contributed by atoms with Gasteiger partial charge in [0.15, 0.2) is 0 Å². The molecular formula is C23H25N3O2S. The van der Waals surface area contributed by atoms with Crippen LogP contribution in [0.15, 0.2) is 42.5 Å². The highest BCUT2D eigenvalue weighted by molar-refractivity contribution is 7.17. The topological polar surface area (TPSA) is 75.4 Å². The zero-order valence-electron chi connectivity index (χ0n) is 16.7. The van der Waals surface area contributed by atoms with E-state index in [1.54, 1.807) is 0 Å². The molecule has 1 aliphatic rings. The number of nitrogens with two attached hydrogens (primary N) is 1. The molecule has 1 aromatic heterocycles. The van der Waals surface area contributed by atoms with Crippen LogP contribution in [-0.4, -0.2) is 29.8 Å². The Hall–Kier alpha value is -2.70. The first-order valence-electron chi connectivity index (χ1n) is 9.87. The maximum absolute atomic E-state index is 12.9. The predicted molar refractivity (Wildman–Crippen MR) is 118 cm³/mol. The van der Waals surface area contributed by atoms with E-state index in [2.05, 4.69) is 35.6 Å². The Bertz CT molecular complexity index is 1090. The number of carbonyl (C=O) groups excluding carboxylic acids is 2. The molecule has 150 valence electrons. The molecule has 1 aliphatic carbocycles. The second-order valence-corrected chi connectivity index (χ2v) is 8.79. The first kappa shape index (κ1) is 19.6. The van der Waals surface area contributed by atoms with Gasteiger partial charge in [0, 0.05) is 11.4 Å². The van der Waals surface area contributed by atoms with Gasteiger partial charge in [-0.1, -0.05) is 36.4 Å². The van der Waals surface area contributed by atoms with Crippen molar-refractivity contribution >= 4 is 38.9 Å². The fourth-order valence-electron chi connectivity index (χ4n) is 3.93. The molecule has 6 heteroatoms. The number of carbonyl (C=O) groups is 2. The van der Waals surface area contributed by atoms with Crippen molar-refractivity contribution in [3.63, 3.8) is 0 Å². The summed E-state index contributed by atoms with van der Waals surface area (Å²) in [5, 5.41) is 5.94. The van der Waals surface area contributed by atoms with Crippen molar-refractivity contribution in [1.82, 2.24) is 4.90 Å². The van der Waals surface area contributed by atoms with Gasteiger partial charge in [0.05, 0.1) is 11.6 Å². The summed E-state index contributed by atoms with van der Waals surface area (Å²) < 4.78 is 0. The number of hydrogen-bond acceptors (Lipinski definition) is 4. The van der Waals surface area contributed by atoms with Gasteiger partial charge in [0.25, 0.3) is 5.91 Å². The molecule has 0 spiro atoms. The average Bonchev–Trinajstić information content (AvgIpc) is 3.27. The molecule has 2 aromatic carbocycles. The zero-order valence-corrected chi connectivity index (χ0v) is 17.5. The average molecular weight is 408 g/mol. The number of benzene rings is 2. The molecule has 0 saturated heterocycles. The standard InChI is InChI=1S/C23H25N3O2S/c1-14(26(2)13-15-10-11-16-6-3-4-7-17(16)12-15)22(28)25-23-20(21(24)27)18-8-5-9-19(18)29-23/h3-4,6-7,10-12,14H,5,8-9,13H2,1-2H3,(H2,24,27)(H,25,28)/t14-/m0/s1. The van der Waals surface area contributed by atoms with E-state index in [0.717, 1.165) is 30.4 Å². The molecular weight excluding hydrogens is 382 g/mol. The molecule has 0 saturated carbocycles. The largest absolute Gasteiger partial charge is 0.365 e. The number of anilines is 1. The molecule has 3 aromatic rings. The monoisotopic (exact) mass is 407 g/mol. The number of aryl methyl sites for hydroxylation is 1. The third kappa shape index (κ3) is 3.91. The van der Waals surface area contributed by atoms with Crippen LogP contribution < -0.4 is 11.1 Å². The van der Waals surface area contributed by atoms with Crippen molar-refractivity contribution in [2.45, 2.75) is 38.8 Å². The summed E-state index contributed by atoms with van der Waals surface area (Å²) in [4.78, 5) is 28.0. The van der Waals surface area contributed by atoms with Gasteiger partial charge < -0.3 is 11.1 Å². The summed E-state index contributed by atoms with van der Waals surface area (Å²) in [5.74, 6) is -0.590. The quantitative estimate of drug-likeness (QED) is 0.650. The highest BCUT2D eigenvalue weighted by Gasteiger charge is 2.27. The summed E-state index contributed by atoms with van der Waals surface area (Å²) in [6.45, 7) is 2.53. The second-order valence-electron chi connectivity index (χ2n) is 7.69. The number of fused-ring (bicyclic) bond motifs is 2. The van der Waals surface area contributed by atoms with Gasteiger partial charge in [-0.25, -0.2) is 0 Å². The Morgan fingerprint density at radius 2 is 1.93 bits per heavy atom. The van der Waals surface area contributed by atoms with Gasteiger partial charge >= 0.3 is 0 Å². The predicted octanol–water partition coefficient (Wildman–Crippen LogP) is 3.95. The van der Waals surface area contributed by atoms with Gasteiger partial charge in [0.1, 0.15) is 5.00 Å². The molecule has 2 amide bonds. The number of nitrogens with one attached hydrogen (secondary N) is 1. The lowest BCUT2D eigenvalue weighted by molar-refractivity contribution is -0.120. The van der Waals surface area contributed by atoms with Crippen LogP contribution in [0.25, 0.3) is 10.8 Å². The number of nitrogens with zero attached hydrogens (tertiary/aromatic N) is 1. The maximum atomic E-state index is 12.9. The molecule has 0 radical (unpaired) electrons. The maximum Gasteiger partial charge on any atom is 0.251 e. The minimum atomic E-state index is -0.461. The van der Waals surface area contributed by atoms with Crippen LogP contribution in [0.2, 0.25) is 0 Å². The van der Waals surface area contributed by atoms with Crippen LogP contribution in [0, 0.1) is 0 Å². The van der Waals surface area contributed by atoms with Gasteiger partial charge in [-0.2, -0.15) is 0 Å². The number of hydrogen-bond donors (Lipinski definition) is 2. The highest BCUT2D eigenvalue weighted by Crippen LogP contribution is 2.38. The molecule has 1 heterocycles. The summed E-state index contributed by atoms with van der Waals surface area (Å²) in [5.41, 5.74) is 8.27. The van der Waals surface area contributed by atoms with Crippen molar-refractivity contribution in [2.75, 3.05) is 12.4 Å². The van der Waals surface area contributed by atoms with E-state index >= 15 is 0 Å². The van der Waals surface area contributed by atoms with E-state index < -0.39 is 5.91 Å². The minimum Gasteiger partial charge on any atom is -0.365 e. The molecule has 0 fully saturated rings. The van der Waals surface area contributed by atoms with Gasteiger partial charge in [0.2, 0.25) is 5.91 Å². The smallest absolute Gasteiger partial charge is 0.251 e. The van der Waals surface area contributed by atoms with Gasteiger partial charge in [-0.15, -0.1) is 11.3 Å². The van der Waals surface area contributed by atoms with Crippen molar-refractivity contribution < 1.29 is 9.59 Å². The normalized spacial score (nSPS) is 14.2. The van der Waals surface area contributed by atoms with Gasteiger partial charge in [-0.05, 0) is 61.2 Å². The van der Waals surface area contributed by atoms with Crippen LogP contribution in [-0.2, 0) is 24.2 Å². The summed E-state index contributed by atoms with van der Waals surface area (Å²) in [6.07, 6.45) is 2.85. The molecule has 1 atom stereocenters.